The quantitative estimate of drug-likeness (QED) is 0.139. The van der Waals surface area contributed by atoms with Gasteiger partial charge in [-0.25, -0.2) is 4.79 Å². The molecule has 0 spiro atoms. The van der Waals surface area contributed by atoms with E-state index in [4.69, 9.17) is 5.11 Å². The van der Waals surface area contributed by atoms with E-state index in [1.54, 1.807) is 13.1 Å². The van der Waals surface area contributed by atoms with E-state index in [2.05, 4.69) is 56.9 Å². The summed E-state index contributed by atoms with van der Waals surface area (Å²) in [6, 6.07) is 22.4. The smallest absolute Gasteiger partial charge is 0.328 e. The molecule has 2 amide bonds. The summed E-state index contributed by atoms with van der Waals surface area (Å²) in [5, 5.41) is 20.0. The molecule has 7 rings (SSSR count). The largest absolute Gasteiger partial charge is 0.478 e. The molecular formula is C41H46N4O4. The fourth-order valence-corrected chi connectivity index (χ4v) is 8.52. The molecule has 3 aromatic carbocycles. The van der Waals surface area contributed by atoms with Gasteiger partial charge in [0.1, 0.15) is 0 Å². The first-order valence-electron chi connectivity index (χ1n) is 17.9. The molecule has 3 aliphatic rings. The first-order chi connectivity index (χ1) is 23.8. The summed E-state index contributed by atoms with van der Waals surface area (Å²) in [4.78, 5) is 38.2. The van der Waals surface area contributed by atoms with Crippen LogP contribution < -0.4 is 16.0 Å². The molecule has 254 valence electrons. The molecule has 0 radical (unpaired) electrons. The zero-order valence-electron chi connectivity index (χ0n) is 28.3. The lowest BCUT2D eigenvalue weighted by atomic mass is 9.81. The number of carboxylic acid groups (broad SMARTS) is 1. The van der Waals surface area contributed by atoms with Crippen LogP contribution in [0.15, 0.2) is 72.8 Å². The van der Waals surface area contributed by atoms with Gasteiger partial charge in [0.25, 0.3) is 5.91 Å². The van der Waals surface area contributed by atoms with Crippen LogP contribution in [0.5, 0.6) is 0 Å². The van der Waals surface area contributed by atoms with E-state index in [0.29, 0.717) is 31.0 Å². The van der Waals surface area contributed by atoms with Gasteiger partial charge in [0.2, 0.25) is 5.91 Å². The fourth-order valence-electron chi connectivity index (χ4n) is 8.52. The van der Waals surface area contributed by atoms with Crippen LogP contribution >= 0.6 is 0 Å². The lowest BCUT2D eigenvalue weighted by Gasteiger charge is -2.31. The Bertz CT molecular complexity index is 1890. The Morgan fingerprint density at radius 3 is 2.43 bits per heavy atom. The Labute approximate surface area is 288 Å². The van der Waals surface area contributed by atoms with Gasteiger partial charge < -0.3 is 25.6 Å². The minimum absolute atomic E-state index is 0.0413. The number of hydrogen-bond donors (Lipinski definition) is 4. The summed E-state index contributed by atoms with van der Waals surface area (Å²) in [6.45, 7) is 1.17. The number of carbonyl (C=O) groups excluding carboxylic acids is 2. The molecular weight excluding hydrogens is 612 g/mol. The van der Waals surface area contributed by atoms with Gasteiger partial charge in [0.15, 0.2) is 0 Å². The lowest BCUT2D eigenvalue weighted by Crippen LogP contribution is -2.51. The molecule has 1 atom stereocenters. The van der Waals surface area contributed by atoms with Gasteiger partial charge in [-0.15, -0.1) is 0 Å². The van der Waals surface area contributed by atoms with E-state index in [1.807, 2.05) is 30.3 Å². The highest BCUT2D eigenvalue weighted by Crippen LogP contribution is 2.46. The average Bonchev–Trinajstić information content (AvgIpc) is 3.67. The van der Waals surface area contributed by atoms with Crippen molar-refractivity contribution in [2.75, 3.05) is 18.9 Å². The molecule has 8 heteroatoms. The Morgan fingerprint density at radius 1 is 0.939 bits per heavy atom. The van der Waals surface area contributed by atoms with E-state index in [9.17, 15) is 14.4 Å². The van der Waals surface area contributed by atoms with Crippen molar-refractivity contribution in [2.24, 2.45) is 5.92 Å². The van der Waals surface area contributed by atoms with Crippen LogP contribution in [0.4, 0.5) is 5.69 Å². The number of nitrogens with zero attached hydrogens (tertiary/aromatic N) is 1. The SMILES string of the molecule is CNC(=O)C1Cc2ccccc2-c2c(C3CCCCC3)c3ccc(C(=O)NC4(CNc5ccc(/C=C/C(=O)O)cc5)CCCC4)cc3n2C1. The van der Waals surface area contributed by atoms with Crippen LogP contribution in [0, 0.1) is 5.92 Å². The van der Waals surface area contributed by atoms with Crippen molar-refractivity contribution in [2.45, 2.75) is 82.2 Å². The standard InChI is InChI=1S/C41H46N4O4/c1-42-39(48)31-23-29-11-5-6-12-33(29)38-37(28-9-3-2-4-10-28)34-19-16-30(24-35(34)45(38)25-31)40(49)44-41(21-7-8-22-41)26-43-32-17-13-27(14-18-32)15-20-36(46)47/h5-6,11-20,24,28,31,43H,2-4,7-10,21-23,25-26H2,1H3,(H,42,48)(H,44,49)(H,46,47)/b20-15+. The second-order valence-electron chi connectivity index (χ2n) is 14.2. The molecule has 0 bridgehead atoms. The molecule has 4 aromatic rings. The molecule has 2 saturated carbocycles. The van der Waals surface area contributed by atoms with E-state index < -0.39 is 5.97 Å². The topological polar surface area (TPSA) is 112 Å². The molecule has 1 aliphatic heterocycles. The predicted octanol–water partition coefficient (Wildman–Crippen LogP) is 7.53. The summed E-state index contributed by atoms with van der Waals surface area (Å²) < 4.78 is 2.35. The highest BCUT2D eigenvalue weighted by atomic mass is 16.4. The van der Waals surface area contributed by atoms with Gasteiger partial charge in [-0.3, -0.25) is 9.59 Å². The third kappa shape index (κ3) is 6.74. The number of anilines is 1. The average molecular weight is 659 g/mol. The monoisotopic (exact) mass is 658 g/mol. The first-order valence-corrected chi connectivity index (χ1v) is 17.9. The summed E-state index contributed by atoms with van der Waals surface area (Å²) in [5.74, 6) is -0.775. The predicted molar refractivity (Wildman–Crippen MR) is 195 cm³/mol. The Balaban J connectivity index is 1.21. The number of carbonyl (C=O) groups is 3. The van der Waals surface area contributed by atoms with Gasteiger partial charge in [0, 0.05) is 53.9 Å². The summed E-state index contributed by atoms with van der Waals surface area (Å²) in [6.07, 6.45) is 13.3. The molecule has 2 heterocycles. The Morgan fingerprint density at radius 2 is 1.69 bits per heavy atom. The van der Waals surface area contributed by atoms with Gasteiger partial charge in [0.05, 0.1) is 17.2 Å². The molecule has 0 saturated heterocycles. The molecule has 49 heavy (non-hydrogen) atoms. The van der Waals surface area contributed by atoms with Crippen molar-refractivity contribution < 1.29 is 19.5 Å². The Kier molecular flexibility index (Phi) is 9.30. The van der Waals surface area contributed by atoms with Crippen molar-refractivity contribution in [3.63, 3.8) is 0 Å². The van der Waals surface area contributed by atoms with Crippen LogP contribution in [-0.4, -0.2) is 46.6 Å². The maximum atomic E-state index is 14.1. The number of hydrogen-bond acceptors (Lipinski definition) is 4. The van der Waals surface area contributed by atoms with E-state index >= 15 is 0 Å². The normalized spacial score (nSPS) is 18.8. The molecule has 4 N–H and O–H groups in total. The molecule has 1 unspecified atom stereocenters. The number of carboxylic acids is 1. The van der Waals surface area contributed by atoms with Crippen molar-refractivity contribution in [1.82, 2.24) is 15.2 Å². The van der Waals surface area contributed by atoms with E-state index in [1.165, 1.54) is 47.0 Å². The van der Waals surface area contributed by atoms with Crippen molar-refractivity contribution >= 4 is 40.4 Å². The number of aromatic nitrogens is 1. The molecule has 2 fully saturated rings. The zero-order valence-corrected chi connectivity index (χ0v) is 28.3. The van der Waals surface area contributed by atoms with E-state index in [0.717, 1.165) is 61.4 Å². The van der Waals surface area contributed by atoms with Crippen molar-refractivity contribution in [3.05, 3.63) is 95.1 Å². The van der Waals surface area contributed by atoms with Gasteiger partial charge in [-0.05, 0) is 85.1 Å². The van der Waals surface area contributed by atoms with Crippen LogP contribution in [0.2, 0.25) is 0 Å². The zero-order chi connectivity index (χ0) is 34.0. The number of benzene rings is 3. The second-order valence-corrected chi connectivity index (χ2v) is 14.2. The second kappa shape index (κ2) is 13.9. The number of fused-ring (bicyclic) bond motifs is 5. The number of rotatable bonds is 9. The summed E-state index contributed by atoms with van der Waals surface area (Å²) in [7, 11) is 1.71. The van der Waals surface area contributed by atoms with Gasteiger partial charge in [-0.2, -0.15) is 0 Å². The van der Waals surface area contributed by atoms with Crippen LogP contribution in [-0.2, 0) is 22.6 Å². The molecule has 2 aliphatic carbocycles. The highest BCUT2D eigenvalue weighted by molar-refractivity contribution is 6.01. The third-order valence-corrected chi connectivity index (χ3v) is 11.0. The van der Waals surface area contributed by atoms with Crippen molar-refractivity contribution in [1.29, 1.82) is 0 Å². The maximum absolute atomic E-state index is 14.1. The van der Waals surface area contributed by atoms with Crippen LogP contribution in [0.3, 0.4) is 0 Å². The Hall–Kier alpha value is -4.85. The number of nitrogens with one attached hydrogen (secondary N) is 3. The third-order valence-electron chi connectivity index (χ3n) is 11.0. The van der Waals surface area contributed by atoms with E-state index in [-0.39, 0.29) is 23.3 Å². The minimum atomic E-state index is -0.976. The van der Waals surface area contributed by atoms with Gasteiger partial charge in [-0.1, -0.05) is 74.6 Å². The molecule has 1 aromatic heterocycles. The van der Waals surface area contributed by atoms with Crippen LogP contribution in [0.25, 0.3) is 28.2 Å². The fraction of sp³-hybridized carbons (Fsp3) is 0.390. The minimum Gasteiger partial charge on any atom is -0.478 e. The number of amides is 2. The highest BCUT2D eigenvalue weighted by Gasteiger charge is 2.36. The van der Waals surface area contributed by atoms with Gasteiger partial charge >= 0.3 is 5.97 Å². The van der Waals surface area contributed by atoms with Crippen LogP contribution in [0.1, 0.15) is 90.8 Å². The first kappa shape index (κ1) is 32.7. The summed E-state index contributed by atoms with van der Waals surface area (Å²) >= 11 is 0. The lowest BCUT2D eigenvalue weighted by molar-refractivity contribution is -0.131. The number of aliphatic carboxylic acids is 1. The maximum Gasteiger partial charge on any atom is 0.328 e. The summed E-state index contributed by atoms with van der Waals surface area (Å²) in [5.41, 5.74) is 8.05. The molecule has 8 nitrogen and oxygen atoms in total. The van der Waals surface area contributed by atoms with Crippen molar-refractivity contribution in [3.8, 4) is 11.3 Å².